The Balaban J connectivity index is 1.51. The summed E-state index contributed by atoms with van der Waals surface area (Å²) in [7, 11) is 1.41. The van der Waals surface area contributed by atoms with Crippen LogP contribution in [-0.4, -0.2) is 12.3 Å². The molecule has 2 N–H and O–H groups in total. The molecule has 0 atom stereocenters. The van der Waals surface area contributed by atoms with Gasteiger partial charge in [0.2, 0.25) is 0 Å². The fraction of sp³-hybridized carbons (Fsp3) is 0.136. The van der Waals surface area contributed by atoms with Gasteiger partial charge in [-0.25, -0.2) is 8.78 Å². The third-order valence-electron chi connectivity index (χ3n) is 4.62. The predicted molar refractivity (Wildman–Crippen MR) is 105 cm³/mol. The Morgan fingerprint density at radius 1 is 1.00 bits per heavy atom. The van der Waals surface area contributed by atoms with Crippen LogP contribution in [-0.2, 0) is 13.2 Å². The standard InChI is InChI=1S/C22H18F2N2O3/c1-27-22-10-19(24)18(23)9-16(22)14-3-5-15(6-4-14)28-12-13-2-7-21-17(8-13)20(11-25)26-29-21/h2-10H,11-12,25H2,1H3. The van der Waals surface area contributed by atoms with E-state index in [9.17, 15) is 8.78 Å². The first-order chi connectivity index (χ1) is 14.1. The summed E-state index contributed by atoms with van der Waals surface area (Å²) in [6.45, 7) is 0.644. The van der Waals surface area contributed by atoms with Crippen molar-refractivity contribution >= 4 is 11.0 Å². The van der Waals surface area contributed by atoms with E-state index in [1.807, 2.05) is 18.2 Å². The number of methoxy groups -OCH3 is 1. The van der Waals surface area contributed by atoms with E-state index in [0.29, 0.717) is 41.3 Å². The lowest BCUT2D eigenvalue weighted by Crippen LogP contribution is -1.98. The predicted octanol–water partition coefficient (Wildman–Crippen LogP) is 4.82. The maximum atomic E-state index is 13.6. The molecule has 0 aliphatic rings. The van der Waals surface area contributed by atoms with Crippen LogP contribution in [0.3, 0.4) is 0 Å². The van der Waals surface area contributed by atoms with Gasteiger partial charge in [0.1, 0.15) is 23.8 Å². The number of hydrogen-bond donors (Lipinski definition) is 1. The molecule has 0 saturated heterocycles. The zero-order valence-electron chi connectivity index (χ0n) is 15.6. The molecule has 3 aromatic carbocycles. The second kappa shape index (κ2) is 7.89. The second-order valence-corrected chi connectivity index (χ2v) is 6.44. The van der Waals surface area contributed by atoms with E-state index in [1.165, 1.54) is 7.11 Å². The van der Waals surface area contributed by atoms with Crippen LogP contribution in [0.25, 0.3) is 22.1 Å². The molecule has 148 valence electrons. The van der Waals surface area contributed by atoms with Crippen LogP contribution in [0.2, 0.25) is 0 Å². The van der Waals surface area contributed by atoms with Gasteiger partial charge in [0.05, 0.1) is 7.11 Å². The molecule has 0 aliphatic carbocycles. The number of halogens is 2. The highest BCUT2D eigenvalue weighted by Crippen LogP contribution is 2.33. The van der Waals surface area contributed by atoms with E-state index >= 15 is 0 Å². The quantitative estimate of drug-likeness (QED) is 0.506. The van der Waals surface area contributed by atoms with Gasteiger partial charge in [0.15, 0.2) is 17.2 Å². The van der Waals surface area contributed by atoms with Crippen molar-refractivity contribution in [1.82, 2.24) is 5.16 Å². The maximum Gasteiger partial charge on any atom is 0.167 e. The van der Waals surface area contributed by atoms with Crippen molar-refractivity contribution in [3.8, 4) is 22.6 Å². The average molecular weight is 396 g/mol. The summed E-state index contributed by atoms with van der Waals surface area (Å²) >= 11 is 0. The topological polar surface area (TPSA) is 70.5 Å². The fourth-order valence-corrected chi connectivity index (χ4v) is 3.09. The molecule has 0 radical (unpaired) electrons. The largest absolute Gasteiger partial charge is 0.496 e. The molecular weight excluding hydrogens is 378 g/mol. The van der Waals surface area contributed by atoms with Crippen molar-refractivity contribution in [2.45, 2.75) is 13.2 Å². The maximum absolute atomic E-state index is 13.6. The molecule has 5 nitrogen and oxygen atoms in total. The molecule has 4 aromatic rings. The van der Waals surface area contributed by atoms with E-state index in [-0.39, 0.29) is 5.75 Å². The van der Waals surface area contributed by atoms with E-state index in [2.05, 4.69) is 5.16 Å². The van der Waals surface area contributed by atoms with E-state index in [0.717, 1.165) is 23.1 Å². The molecule has 0 spiro atoms. The second-order valence-electron chi connectivity index (χ2n) is 6.44. The SMILES string of the molecule is COc1cc(F)c(F)cc1-c1ccc(OCc2ccc3onc(CN)c3c2)cc1. The van der Waals surface area contributed by atoms with E-state index in [4.69, 9.17) is 19.7 Å². The minimum Gasteiger partial charge on any atom is -0.496 e. The molecule has 0 aliphatic heterocycles. The number of nitrogens with two attached hydrogens (primary N) is 1. The van der Waals surface area contributed by atoms with Crippen molar-refractivity contribution in [2.75, 3.05) is 7.11 Å². The molecule has 0 fully saturated rings. The molecular formula is C22H18F2N2O3. The fourth-order valence-electron chi connectivity index (χ4n) is 3.09. The van der Waals surface area contributed by atoms with Crippen LogP contribution in [0.1, 0.15) is 11.3 Å². The molecule has 4 rings (SSSR count). The Labute approximate surface area is 165 Å². The Morgan fingerprint density at radius 3 is 2.48 bits per heavy atom. The van der Waals surface area contributed by atoms with Gasteiger partial charge in [0.25, 0.3) is 0 Å². The summed E-state index contributed by atoms with van der Waals surface area (Å²) in [5, 5.41) is 4.81. The Hall–Kier alpha value is -3.45. The monoisotopic (exact) mass is 396 g/mol. The lowest BCUT2D eigenvalue weighted by atomic mass is 10.0. The third-order valence-corrected chi connectivity index (χ3v) is 4.62. The van der Waals surface area contributed by atoms with Crippen LogP contribution in [0.5, 0.6) is 11.5 Å². The van der Waals surface area contributed by atoms with Crippen molar-refractivity contribution in [3.63, 3.8) is 0 Å². The van der Waals surface area contributed by atoms with Crippen LogP contribution in [0.15, 0.2) is 59.1 Å². The van der Waals surface area contributed by atoms with Crippen molar-refractivity contribution in [2.24, 2.45) is 5.73 Å². The summed E-state index contributed by atoms with van der Waals surface area (Å²) in [5.41, 5.74) is 9.14. The molecule has 0 bridgehead atoms. The summed E-state index contributed by atoms with van der Waals surface area (Å²) < 4.78 is 43.3. The summed E-state index contributed by atoms with van der Waals surface area (Å²) in [6.07, 6.45) is 0. The smallest absolute Gasteiger partial charge is 0.167 e. The van der Waals surface area contributed by atoms with Gasteiger partial charge < -0.3 is 19.7 Å². The van der Waals surface area contributed by atoms with Crippen LogP contribution in [0, 0.1) is 11.6 Å². The summed E-state index contributed by atoms with van der Waals surface area (Å²) in [6, 6.07) is 14.9. The molecule has 29 heavy (non-hydrogen) atoms. The van der Waals surface area contributed by atoms with Gasteiger partial charge in [-0.15, -0.1) is 0 Å². The van der Waals surface area contributed by atoms with Crippen molar-refractivity contribution < 1.29 is 22.8 Å². The minimum atomic E-state index is -0.951. The van der Waals surface area contributed by atoms with Gasteiger partial charge in [0, 0.05) is 23.6 Å². The Bertz CT molecular complexity index is 1160. The molecule has 0 amide bonds. The van der Waals surface area contributed by atoms with Gasteiger partial charge in [-0.3, -0.25) is 0 Å². The van der Waals surface area contributed by atoms with Gasteiger partial charge >= 0.3 is 0 Å². The normalized spacial score (nSPS) is 11.0. The van der Waals surface area contributed by atoms with Crippen LogP contribution >= 0.6 is 0 Å². The number of ether oxygens (including phenoxy) is 2. The number of hydrogen-bond acceptors (Lipinski definition) is 5. The number of benzene rings is 3. The Morgan fingerprint density at radius 2 is 1.76 bits per heavy atom. The number of aromatic nitrogens is 1. The van der Waals surface area contributed by atoms with Crippen LogP contribution < -0.4 is 15.2 Å². The lowest BCUT2D eigenvalue weighted by molar-refractivity contribution is 0.306. The Kier molecular flexibility index (Phi) is 5.14. The number of nitrogens with zero attached hydrogens (tertiary/aromatic N) is 1. The van der Waals surface area contributed by atoms with E-state index in [1.54, 1.807) is 24.3 Å². The highest BCUT2D eigenvalue weighted by Gasteiger charge is 2.12. The van der Waals surface area contributed by atoms with Crippen molar-refractivity contribution in [1.29, 1.82) is 0 Å². The first kappa shape index (κ1) is 18.9. The summed E-state index contributed by atoms with van der Waals surface area (Å²) in [5.74, 6) is -0.981. The zero-order valence-corrected chi connectivity index (χ0v) is 15.6. The van der Waals surface area contributed by atoms with Gasteiger partial charge in [-0.2, -0.15) is 0 Å². The molecule has 7 heteroatoms. The van der Waals surface area contributed by atoms with Crippen molar-refractivity contribution in [3.05, 3.63) is 77.5 Å². The van der Waals surface area contributed by atoms with Gasteiger partial charge in [-0.1, -0.05) is 23.4 Å². The third kappa shape index (κ3) is 3.77. The molecule has 0 saturated carbocycles. The number of rotatable bonds is 6. The molecule has 1 heterocycles. The van der Waals surface area contributed by atoms with Crippen LogP contribution in [0.4, 0.5) is 8.78 Å². The van der Waals surface area contributed by atoms with Gasteiger partial charge in [-0.05, 0) is 41.5 Å². The highest BCUT2D eigenvalue weighted by atomic mass is 19.2. The zero-order chi connectivity index (χ0) is 20.4. The minimum absolute atomic E-state index is 0.260. The highest BCUT2D eigenvalue weighted by molar-refractivity contribution is 5.80. The average Bonchev–Trinajstić information content (AvgIpc) is 3.16. The molecule has 0 unspecified atom stereocenters. The molecule has 1 aromatic heterocycles. The first-order valence-corrected chi connectivity index (χ1v) is 8.92. The lowest BCUT2D eigenvalue weighted by Gasteiger charge is -2.11. The number of fused-ring (bicyclic) bond motifs is 1. The first-order valence-electron chi connectivity index (χ1n) is 8.92. The summed E-state index contributed by atoms with van der Waals surface area (Å²) in [4.78, 5) is 0. The van der Waals surface area contributed by atoms with E-state index < -0.39 is 11.6 Å².